The van der Waals surface area contributed by atoms with Gasteiger partial charge in [-0.25, -0.2) is 5.01 Å². The zero-order valence-electron chi connectivity index (χ0n) is 18.0. The number of rotatable bonds is 7. The molecule has 0 saturated heterocycles. The molecule has 3 aromatic heterocycles. The summed E-state index contributed by atoms with van der Waals surface area (Å²) in [5.41, 5.74) is 1.54. The van der Waals surface area contributed by atoms with E-state index in [9.17, 15) is 4.79 Å². The number of nitrogens with zero attached hydrogens (tertiary/aromatic N) is 5. The third-order valence-electron chi connectivity index (χ3n) is 5.35. The van der Waals surface area contributed by atoms with Crippen molar-refractivity contribution in [2.75, 3.05) is 12.9 Å². The summed E-state index contributed by atoms with van der Waals surface area (Å²) in [7, 11) is 3.48. The monoisotopic (exact) mass is 463 g/mol. The Labute approximate surface area is 194 Å². The van der Waals surface area contributed by atoms with E-state index in [-0.39, 0.29) is 17.7 Å². The van der Waals surface area contributed by atoms with E-state index >= 15 is 0 Å². The van der Waals surface area contributed by atoms with E-state index in [2.05, 4.69) is 15.3 Å². The predicted molar refractivity (Wildman–Crippen MR) is 122 cm³/mol. The van der Waals surface area contributed by atoms with Gasteiger partial charge in [-0.15, -0.1) is 10.2 Å². The molecule has 10 heteroatoms. The van der Waals surface area contributed by atoms with Gasteiger partial charge < -0.3 is 18.1 Å². The van der Waals surface area contributed by atoms with Crippen LogP contribution in [0.1, 0.15) is 24.0 Å². The summed E-state index contributed by atoms with van der Waals surface area (Å²) in [6, 6.07) is 14.6. The quantitative estimate of drug-likeness (QED) is 0.380. The van der Waals surface area contributed by atoms with Crippen molar-refractivity contribution in [2.45, 2.75) is 17.6 Å². The zero-order valence-corrected chi connectivity index (χ0v) is 18.9. The van der Waals surface area contributed by atoms with E-state index in [4.69, 9.17) is 13.6 Å². The van der Waals surface area contributed by atoms with Crippen molar-refractivity contribution in [3.05, 3.63) is 72.6 Å². The van der Waals surface area contributed by atoms with Gasteiger partial charge in [0.05, 0.1) is 31.0 Å². The van der Waals surface area contributed by atoms with Crippen LogP contribution in [0.15, 0.2) is 80.1 Å². The lowest BCUT2D eigenvalue weighted by Gasteiger charge is -2.19. The lowest BCUT2D eigenvalue weighted by molar-refractivity contribution is -0.130. The number of aromatic nitrogens is 3. The molecule has 4 aromatic rings. The van der Waals surface area contributed by atoms with E-state index < -0.39 is 0 Å². The molecule has 9 nitrogen and oxygen atoms in total. The molecule has 168 valence electrons. The molecule has 1 atom stereocenters. The summed E-state index contributed by atoms with van der Waals surface area (Å²) in [4.78, 5) is 13.2. The fourth-order valence-corrected chi connectivity index (χ4v) is 4.49. The number of hydrogen-bond acceptors (Lipinski definition) is 8. The smallest absolute Gasteiger partial charge is 0.253 e. The molecule has 0 spiro atoms. The second-order valence-corrected chi connectivity index (χ2v) is 8.29. The molecule has 1 amide bonds. The van der Waals surface area contributed by atoms with E-state index in [1.54, 1.807) is 31.8 Å². The average Bonchev–Trinajstić information content (AvgIpc) is 3.64. The summed E-state index contributed by atoms with van der Waals surface area (Å²) >= 11 is 1.30. The van der Waals surface area contributed by atoms with Gasteiger partial charge in [-0.3, -0.25) is 4.79 Å². The highest BCUT2D eigenvalue weighted by molar-refractivity contribution is 7.99. The van der Waals surface area contributed by atoms with Gasteiger partial charge in [0.25, 0.3) is 5.91 Å². The summed E-state index contributed by atoms with van der Waals surface area (Å²) in [6.45, 7) is 0. The van der Waals surface area contributed by atoms with Crippen molar-refractivity contribution in [1.82, 2.24) is 19.8 Å². The van der Waals surface area contributed by atoms with Crippen LogP contribution >= 0.6 is 11.8 Å². The highest BCUT2D eigenvalue weighted by atomic mass is 32.2. The first kappa shape index (κ1) is 21.1. The Balaban J connectivity index is 1.34. The van der Waals surface area contributed by atoms with Crippen LogP contribution in [0.4, 0.5) is 0 Å². The first-order valence-electron chi connectivity index (χ1n) is 10.3. The van der Waals surface area contributed by atoms with Gasteiger partial charge in [0, 0.05) is 13.5 Å². The van der Waals surface area contributed by atoms with Gasteiger partial charge in [0.1, 0.15) is 29.0 Å². The highest BCUT2D eigenvalue weighted by Crippen LogP contribution is 2.34. The van der Waals surface area contributed by atoms with E-state index in [1.165, 1.54) is 16.8 Å². The molecule has 0 saturated carbocycles. The van der Waals surface area contributed by atoms with E-state index in [0.29, 0.717) is 40.4 Å². The van der Waals surface area contributed by atoms with Crippen LogP contribution in [0, 0.1) is 0 Å². The van der Waals surface area contributed by atoms with E-state index in [1.807, 2.05) is 48.0 Å². The van der Waals surface area contributed by atoms with Crippen LogP contribution < -0.4 is 4.74 Å². The number of ether oxygens (including phenoxy) is 1. The van der Waals surface area contributed by atoms with Crippen LogP contribution in [0.25, 0.3) is 11.4 Å². The number of hydrazone groups is 1. The Hall–Kier alpha value is -3.79. The molecule has 0 aliphatic carbocycles. The van der Waals surface area contributed by atoms with Gasteiger partial charge in [-0.1, -0.05) is 23.9 Å². The van der Waals surface area contributed by atoms with Crippen molar-refractivity contribution in [3.8, 4) is 17.1 Å². The molecule has 1 unspecified atom stereocenters. The molecule has 1 aliphatic rings. The maximum Gasteiger partial charge on any atom is 0.253 e. The summed E-state index contributed by atoms with van der Waals surface area (Å²) in [5.74, 6) is 2.67. The number of para-hydroxylation sites is 1. The first-order chi connectivity index (χ1) is 16.2. The fourth-order valence-electron chi connectivity index (χ4n) is 3.73. The number of carbonyl (C=O) groups is 1. The second-order valence-electron chi connectivity index (χ2n) is 7.35. The van der Waals surface area contributed by atoms with Gasteiger partial charge in [0.2, 0.25) is 0 Å². The number of amides is 1. The number of benzene rings is 1. The standard InChI is InChI=1S/C23H21N5O4S/c1-27-22(15-7-3-4-8-18(15)30-2)24-25-23(27)33-14-21(29)28-17(20-10-6-12-32-20)13-16(26-28)19-9-5-11-31-19/h3-12,17H,13-14H2,1-2H3. The lowest BCUT2D eigenvalue weighted by atomic mass is 10.1. The zero-order chi connectivity index (χ0) is 22.8. The fraction of sp³-hybridized carbons (Fsp3) is 0.217. The summed E-state index contributed by atoms with van der Waals surface area (Å²) in [6.07, 6.45) is 3.70. The van der Waals surface area contributed by atoms with Crippen LogP contribution in [0.5, 0.6) is 5.75 Å². The third-order valence-corrected chi connectivity index (χ3v) is 6.36. The molecule has 0 N–H and O–H groups in total. The number of carbonyl (C=O) groups excluding carboxylic acids is 1. The average molecular weight is 464 g/mol. The molecular weight excluding hydrogens is 442 g/mol. The maximum atomic E-state index is 13.2. The Bertz CT molecular complexity index is 1280. The van der Waals surface area contributed by atoms with Crippen molar-refractivity contribution in [3.63, 3.8) is 0 Å². The van der Waals surface area contributed by atoms with Gasteiger partial charge in [0.15, 0.2) is 11.0 Å². The lowest BCUT2D eigenvalue weighted by Crippen LogP contribution is -2.28. The number of hydrogen-bond donors (Lipinski definition) is 0. The largest absolute Gasteiger partial charge is 0.496 e. The van der Waals surface area contributed by atoms with Crippen LogP contribution in [0.3, 0.4) is 0 Å². The molecule has 1 aromatic carbocycles. The maximum absolute atomic E-state index is 13.2. The van der Waals surface area contributed by atoms with Crippen LogP contribution in [-0.4, -0.2) is 44.3 Å². The summed E-state index contributed by atoms with van der Waals surface area (Å²) < 4.78 is 18.3. The second kappa shape index (κ2) is 8.99. The molecule has 0 fully saturated rings. The van der Waals surface area contributed by atoms with Crippen molar-refractivity contribution in [2.24, 2.45) is 12.1 Å². The normalized spacial score (nSPS) is 15.6. The number of methoxy groups -OCH3 is 1. The van der Waals surface area contributed by atoms with Crippen LogP contribution in [-0.2, 0) is 11.8 Å². The molecule has 33 heavy (non-hydrogen) atoms. The van der Waals surface area contributed by atoms with Crippen molar-refractivity contribution >= 4 is 23.4 Å². The summed E-state index contributed by atoms with van der Waals surface area (Å²) in [5, 5.41) is 15.2. The minimum Gasteiger partial charge on any atom is -0.496 e. The predicted octanol–water partition coefficient (Wildman–Crippen LogP) is 4.15. The number of furan rings is 2. The molecule has 4 heterocycles. The Morgan fingerprint density at radius 2 is 1.94 bits per heavy atom. The minimum atomic E-state index is -0.322. The van der Waals surface area contributed by atoms with Gasteiger partial charge in [-0.05, 0) is 36.4 Å². The van der Waals surface area contributed by atoms with Crippen LogP contribution in [0.2, 0.25) is 0 Å². The van der Waals surface area contributed by atoms with Gasteiger partial charge in [-0.2, -0.15) is 5.10 Å². The Morgan fingerprint density at radius 1 is 1.12 bits per heavy atom. The Kier molecular flexibility index (Phi) is 5.74. The van der Waals surface area contributed by atoms with Gasteiger partial charge >= 0.3 is 0 Å². The molecule has 0 bridgehead atoms. The highest BCUT2D eigenvalue weighted by Gasteiger charge is 2.35. The molecule has 1 aliphatic heterocycles. The van der Waals surface area contributed by atoms with E-state index in [0.717, 1.165) is 5.56 Å². The molecular formula is C23H21N5O4S. The molecule has 5 rings (SSSR count). The SMILES string of the molecule is COc1ccccc1-c1nnc(SCC(=O)N2N=C(c3ccco3)CC2c2ccco2)n1C. The van der Waals surface area contributed by atoms with Crippen molar-refractivity contribution < 1.29 is 18.4 Å². The first-order valence-corrected chi connectivity index (χ1v) is 11.3. The minimum absolute atomic E-state index is 0.143. The Morgan fingerprint density at radius 3 is 2.70 bits per heavy atom. The topological polar surface area (TPSA) is 98.9 Å². The molecule has 0 radical (unpaired) electrons. The number of thioether (sulfide) groups is 1. The third kappa shape index (κ3) is 4.05. The van der Waals surface area contributed by atoms with Crippen molar-refractivity contribution in [1.29, 1.82) is 0 Å².